The van der Waals surface area contributed by atoms with Gasteiger partial charge in [-0.25, -0.2) is 0 Å². The van der Waals surface area contributed by atoms with Gasteiger partial charge in [0.2, 0.25) is 5.91 Å². The lowest BCUT2D eigenvalue weighted by molar-refractivity contribution is -0.384. The van der Waals surface area contributed by atoms with Crippen LogP contribution in [0.3, 0.4) is 0 Å². The van der Waals surface area contributed by atoms with Gasteiger partial charge in [-0.05, 0) is 31.4 Å². The number of nitrogens with zero attached hydrogens (tertiary/aromatic N) is 1. The van der Waals surface area contributed by atoms with Crippen molar-refractivity contribution in [3.63, 3.8) is 0 Å². The Balaban J connectivity index is 2.15. The minimum atomic E-state index is -0.797. The number of hydrogen-bond donors (Lipinski definition) is 2. The van der Waals surface area contributed by atoms with E-state index in [2.05, 4.69) is 5.32 Å². The molecule has 19 heavy (non-hydrogen) atoms. The van der Waals surface area contributed by atoms with E-state index in [4.69, 9.17) is 5.73 Å². The summed E-state index contributed by atoms with van der Waals surface area (Å²) in [5, 5.41) is 13.4. The van der Waals surface area contributed by atoms with E-state index in [0.717, 1.165) is 12.8 Å². The van der Waals surface area contributed by atoms with Crippen LogP contribution >= 0.6 is 0 Å². The number of nitrogens with one attached hydrogen (secondary N) is 1. The molecule has 0 unspecified atom stereocenters. The Bertz CT molecular complexity index is 522. The molecule has 102 valence electrons. The lowest BCUT2D eigenvalue weighted by atomic mass is 9.98. The number of carbonyl (C=O) groups excluding carboxylic acids is 1. The van der Waals surface area contributed by atoms with Crippen molar-refractivity contribution in [3.05, 3.63) is 33.9 Å². The third kappa shape index (κ3) is 2.73. The second-order valence-electron chi connectivity index (χ2n) is 5.07. The molecule has 1 amide bonds. The molecule has 6 heteroatoms. The molecule has 1 fully saturated rings. The number of nitrogens with two attached hydrogens (primary N) is 1. The van der Waals surface area contributed by atoms with Crippen molar-refractivity contribution in [1.82, 2.24) is 0 Å². The van der Waals surface area contributed by atoms with E-state index in [1.165, 1.54) is 12.1 Å². The van der Waals surface area contributed by atoms with Gasteiger partial charge in [0.15, 0.2) is 0 Å². The van der Waals surface area contributed by atoms with Crippen molar-refractivity contribution >= 4 is 17.3 Å². The van der Waals surface area contributed by atoms with Crippen molar-refractivity contribution in [2.45, 2.75) is 38.1 Å². The Labute approximate surface area is 111 Å². The first-order valence-corrected chi connectivity index (χ1v) is 6.28. The third-order valence-corrected chi connectivity index (χ3v) is 3.62. The molecule has 0 heterocycles. The molecule has 1 aromatic rings. The fourth-order valence-corrected chi connectivity index (χ4v) is 2.38. The number of hydrogen-bond acceptors (Lipinski definition) is 4. The highest BCUT2D eigenvalue weighted by molar-refractivity contribution is 5.98. The van der Waals surface area contributed by atoms with E-state index in [0.29, 0.717) is 24.1 Å². The first kappa shape index (κ1) is 13.5. The molecule has 2 rings (SSSR count). The highest BCUT2D eigenvalue weighted by Crippen LogP contribution is 2.29. The second-order valence-corrected chi connectivity index (χ2v) is 5.07. The number of carbonyl (C=O) groups is 1. The van der Waals surface area contributed by atoms with Gasteiger partial charge in [0, 0.05) is 17.8 Å². The second kappa shape index (κ2) is 4.97. The predicted molar refractivity (Wildman–Crippen MR) is 71.8 cm³/mol. The number of nitro groups is 1. The number of aryl methyl sites for hydroxylation is 1. The van der Waals surface area contributed by atoms with Crippen LogP contribution in [0.5, 0.6) is 0 Å². The molecular weight excluding hydrogens is 246 g/mol. The van der Waals surface area contributed by atoms with E-state index in [9.17, 15) is 14.9 Å². The molecule has 0 saturated heterocycles. The van der Waals surface area contributed by atoms with Gasteiger partial charge in [0.05, 0.1) is 10.5 Å². The maximum Gasteiger partial charge on any atom is 0.269 e. The number of rotatable bonds is 3. The van der Waals surface area contributed by atoms with E-state index in [1.807, 2.05) is 0 Å². The molecule has 1 aromatic carbocycles. The van der Waals surface area contributed by atoms with E-state index >= 15 is 0 Å². The maximum atomic E-state index is 12.1. The fourth-order valence-electron chi connectivity index (χ4n) is 2.38. The Morgan fingerprint density at radius 3 is 2.58 bits per heavy atom. The molecule has 0 bridgehead atoms. The minimum absolute atomic E-state index is 0.0128. The summed E-state index contributed by atoms with van der Waals surface area (Å²) in [5.41, 5.74) is 6.51. The van der Waals surface area contributed by atoms with Crippen LogP contribution in [0.25, 0.3) is 0 Å². The maximum absolute atomic E-state index is 12.1. The number of nitro benzene ring substituents is 1. The van der Waals surface area contributed by atoms with E-state index in [-0.39, 0.29) is 11.6 Å². The van der Waals surface area contributed by atoms with Crippen LogP contribution in [0, 0.1) is 17.0 Å². The van der Waals surface area contributed by atoms with Gasteiger partial charge in [-0.15, -0.1) is 0 Å². The molecule has 0 radical (unpaired) electrons. The Morgan fingerprint density at radius 1 is 1.42 bits per heavy atom. The Kier molecular flexibility index (Phi) is 3.53. The minimum Gasteiger partial charge on any atom is -0.324 e. The number of amides is 1. The summed E-state index contributed by atoms with van der Waals surface area (Å²) in [6.45, 7) is 1.72. The summed E-state index contributed by atoms with van der Waals surface area (Å²) in [6, 6.07) is 4.36. The van der Waals surface area contributed by atoms with Crippen molar-refractivity contribution in [1.29, 1.82) is 0 Å². The van der Waals surface area contributed by atoms with Gasteiger partial charge in [-0.3, -0.25) is 14.9 Å². The number of benzene rings is 1. The highest BCUT2D eigenvalue weighted by Gasteiger charge is 2.37. The molecule has 1 aliphatic rings. The van der Waals surface area contributed by atoms with Crippen molar-refractivity contribution in [2.75, 3.05) is 5.32 Å². The van der Waals surface area contributed by atoms with E-state index in [1.54, 1.807) is 13.0 Å². The van der Waals surface area contributed by atoms with Crippen LogP contribution in [0.2, 0.25) is 0 Å². The van der Waals surface area contributed by atoms with Crippen LogP contribution in [0.1, 0.15) is 31.2 Å². The quantitative estimate of drug-likeness (QED) is 0.644. The molecule has 0 aromatic heterocycles. The largest absolute Gasteiger partial charge is 0.324 e. The van der Waals surface area contributed by atoms with Gasteiger partial charge in [-0.1, -0.05) is 12.8 Å². The van der Waals surface area contributed by atoms with Crippen molar-refractivity contribution in [3.8, 4) is 0 Å². The van der Waals surface area contributed by atoms with Crippen LogP contribution in [-0.4, -0.2) is 16.4 Å². The fraction of sp³-hybridized carbons (Fsp3) is 0.462. The van der Waals surface area contributed by atoms with Crippen LogP contribution in [0.15, 0.2) is 18.2 Å². The summed E-state index contributed by atoms with van der Waals surface area (Å²) in [4.78, 5) is 22.3. The van der Waals surface area contributed by atoms with Crippen LogP contribution < -0.4 is 11.1 Å². The highest BCUT2D eigenvalue weighted by atomic mass is 16.6. The molecule has 0 spiro atoms. The summed E-state index contributed by atoms with van der Waals surface area (Å²) >= 11 is 0. The topological polar surface area (TPSA) is 98.3 Å². The lowest BCUT2D eigenvalue weighted by Gasteiger charge is -2.22. The van der Waals surface area contributed by atoms with Gasteiger partial charge >= 0.3 is 0 Å². The Hall–Kier alpha value is -1.95. The lowest BCUT2D eigenvalue weighted by Crippen LogP contribution is -2.48. The first-order valence-electron chi connectivity index (χ1n) is 6.28. The summed E-state index contributed by atoms with van der Waals surface area (Å²) < 4.78 is 0. The Morgan fingerprint density at radius 2 is 2.05 bits per heavy atom. The SMILES string of the molecule is Cc1cc([N+](=O)[O-])ccc1NC(=O)C1(N)CCCC1. The summed E-state index contributed by atoms with van der Waals surface area (Å²) in [6.07, 6.45) is 3.29. The molecule has 3 N–H and O–H groups in total. The number of anilines is 1. The zero-order valence-corrected chi connectivity index (χ0v) is 10.8. The van der Waals surface area contributed by atoms with Gasteiger partial charge in [0.25, 0.3) is 5.69 Å². The van der Waals surface area contributed by atoms with Gasteiger partial charge in [-0.2, -0.15) is 0 Å². The molecular formula is C13H17N3O3. The normalized spacial score (nSPS) is 17.2. The smallest absolute Gasteiger partial charge is 0.269 e. The third-order valence-electron chi connectivity index (χ3n) is 3.62. The molecule has 1 saturated carbocycles. The van der Waals surface area contributed by atoms with Crippen molar-refractivity contribution < 1.29 is 9.72 Å². The summed E-state index contributed by atoms with van der Waals surface area (Å²) in [7, 11) is 0. The zero-order chi connectivity index (χ0) is 14.0. The monoisotopic (exact) mass is 263 g/mol. The molecule has 0 atom stereocenters. The van der Waals surface area contributed by atoms with Crippen molar-refractivity contribution in [2.24, 2.45) is 5.73 Å². The van der Waals surface area contributed by atoms with E-state index < -0.39 is 10.5 Å². The summed E-state index contributed by atoms with van der Waals surface area (Å²) in [5.74, 6) is -0.207. The number of non-ortho nitro benzene ring substituents is 1. The zero-order valence-electron chi connectivity index (χ0n) is 10.8. The van der Waals surface area contributed by atoms with Crippen LogP contribution in [0.4, 0.5) is 11.4 Å². The molecule has 6 nitrogen and oxygen atoms in total. The molecule has 0 aliphatic heterocycles. The van der Waals surface area contributed by atoms with Gasteiger partial charge < -0.3 is 11.1 Å². The van der Waals surface area contributed by atoms with Gasteiger partial charge in [0.1, 0.15) is 0 Å². The van der Waals surface area contributed by atoms with Crippen LogP contribution in [-0.2, 0) is 4.79 Å². The molecule has 1 aliphatic carbocycles. The predicted octanol–water partition coefficient (Wildman–Crippen LogP) is 2.11. The first-order chi connectivity index (χ1) is 8.92. The standard InChI is InChI=1S/C13H17N3O3/c1-9-8-10(16(18)19)4-5-11(9)15-12(17)13(14)6-2-3-7-13/h4-5,8H,2-3,6-7,14H2,1H3,(H,15,17). The average molecular weight is 263 g/mol. The average Bonchev–Trinajstić information content (AvgIpc) is 2.80.